The summed E-state index contributed by atoms with van der Waals surface area (Å²) in [5.74, 6) is -0.502. The number of nitrogens with zero attached hydrogens (tertiary/aromatic N) is 4. The molecule has 0 spiro atoms. The molecule has 2 aliphatic heterocycles. The van der Waals surface area contributed by atoms with Crippen molar-refractivity contribution in [2.75, 3.05) is 43.4 Å². The van der Waals surface area contributed by atoms with Crippen molar-refractivity contribution in [1.29, 1.82) is 0 Å². The summed E-state index contributed by atoms with van der Waals surface area (Å²) in [6.07, 6.45) is 2.43. The lowest BCUT2D eigenvalue weighted by Gasteiger charge is -2.42. The first kappa shape index (κ1) is 23.6. The van der Waals surface area contributed by atoms with E-state index in [1.807, 2.05) is 13.8 Å². The Labute approximate surface area is 193 Å². The van der Waals surface area contributed by atoms with E-state index in [1.165, 1.54) is 20.9 Å². The molecule has 1 aromatic carbocycles. The van der Waals surface area contributed by atoms with Crippen molar-refractivity contribution in [3.63, 3.8) is 0 Å². The van der Waals surface area contributed by atoms with Gasteiger partial charge in [0.2, 0.25) is 0 Å². The molecular weight excluding hydrogens is 447 g/mol. The topological polar surface area (TPSA) is 97.9 Å². The molecule has 2 amide bonds. The highest BCUT2D eigenvalue weighted by atomic mass is 32.2. The Balaban J connectivity index is 1.37. The molecule has 178 valence electrons. The summed E-state index contributed by atoms with van der Waals surface area (Å²) >= 11 is 0. The van der Waals surface area contributed by atoms with E-state index in [-0.39, 0.29) is 11.7 Å². The largest absolute Gasteiger partial charge is 0.323 e. The molecular formula is C22H29FN6O3S. The zero-order valence-corrected chi connectivity index (χ0v) is 19.6. The summed E-state index contributed by atoms with van der Waals surface area (Å²) in [5.41, 5.74) is 1.86. The van der Waals surface area contributed by atoms with Crippen molar-refractivity contribution in [2.45, 2.75) is 32.9 Å². The number of benzene rings is 1. The molecule has 0 unspecified atom stereocenters. The molecule has 0 bridgehead atoms. The van der Waals surface area contributed by atoms with Gasteiger partial charge < -0.3 is 10.6 Å². The molecule has 1 atom stereocenters. The highest BCUT2D eigenvalue weighted by Gasteiger charge is 2.37. The van der Waals surface area contributed by atoms with Crippen LogP contribution in [0.1, 0.15) is 24.6 Å². The second-order valence-corrected chi connectivity index (χ2v) is 10.4. The molecule has 4 rings (SSSR count). The maximum absolute atomic E-state index is 15.1. The van der Waals surface area contributed by atoms with Gasteiger partial charge in [0.1, 0.15) is 0 Å². The number of urea groups is 1. The fourth-order valence-electron chi connectivity index (χ4n) is 3.93. The standard InChI is InChI=1S/C22H29FN6O3S/c1-16-7-8-19(13-24-16)25-22(30)26-20-6-3-5-18(21(20)23)15-27-11-12-29(14-17(27)2)33(31,32)28-9-4-10-28/h3,5-8,13,17H,4,9-12,14-15H2,1-2H3,(H2,25,26,30)/t17-/m0/s1. The van der Waals surface area contributed by atoms with Gasteiger partial charge in [0, 0.05) is 56.6 Å². The number of carbonyl (C=O) groups is 1. The van der Waals surface area contributed by atoms with Gasteiger partial charge in [-0.25, -0.2) is 9.18 Å². The van der Waals surface area contributed by atoms with Crippen LogP contribution in [-0.2, 0) is 16.8 Å². The quantitative estimate of drug-likeness (QED) is 0.668. The second kappa shape index (κ2) is 9.72. The Morgan fingerprint density at radius 2 is 1.91 bits per heavy atom. The Hall–Kier alpha value is -2.60. The summed E-state index contributed by atoms with van der Waals surface area (Å²) < 4.78 is 43.5. The van der Waals surface area contributed by atoms with Gasteiger partial charge >= 0.3 is 6.03 Å². The average Bonchev–Trinajstić information content (AvgIpc) is 2.72. The van der Waals surface area contributed by atoms with Crippen LogP contribution < -0.4 is 10.6 Å². The summed E-state index contributed by atoms with van der Waals surface area (Å²) in [5, 5.41) is 5.18. The number of piperazine rings is 1. The van der Waals surface area contributed by atoms with Gasteiger partial charge in [-0.05, 0) is 38.5 Å². The lowest BCUT2D eigenvalue weighted by molar-refractivity contribution is 0.114. The van der Waals surface area contributed by atoms with Gasteiger partial charge in [-0.1, -0.05) is 12.1 Å². The SMILES string of the molecule is Cc1ccc(NC(=O)Nc2cccc(CN3CCN(S(=O)(=O)N4CCC4)C[C@@H]3C)c2F)cn1. The van der Waals surface area contributed by atoms with Gasteiger partial charge in [0.15, 0.2) is 5.82 Å². The third-order valence-electron chi connectivity index (χ3n) is 6.06. The van der Waals surface area contributed by atoms with Gasteiger partial charge in [-0.15, -0.1) is 0 Å². The molecule has 9 nitrogen and oxygen atoms in total. The number of rotatable bonds is 6. The minimum atomic E-state index is -3.40. The first-order valence-corrected chi connectivity index (χ1v) is 12.4. The van der Waals surface area contributed by atoms with E-state index in [4.69, 9.17) is 0 Å². The van der Waals surface area contributed by atoms with Crippen LogP contribution in [0.4, 0.5) is 20.6 Å². The number of pyridine rings is 1. The summed E-state index contributed by atoms with van der Waals surface area (Å²) in [7, 11) is -3.40. The molecule has 33 heavy (non-hydrogen) atoms. The van der Waals surface area contributed by atoms with Crippen LogP contribution in [-0.4, -0.2) is 71.7 Å². The molecule has 1 aromatic heterocycles. The monoisotopic (exact) mass is 476 g/mol. The third kappa shape index (κ3) is 5.32. The minimum Gasteiger partial charge on any atom is -0.306 e. The van der Waals surface area contributed by atoms with Gasteiger partial charge in [0.05, 0.1) is 17.6 Å². The summed E-state index contributed by atoms with van der Waals surface area (Å²) in [6.45, 7) is 6.51. The molecule has 2 saturated heterocycles. The van der Waals surface area contributed by atoms with Crippen molar-refractivity contribution < 1.29 is 17.6 Å². The highest BCUT2D eigenvalue weighted by Crippen LogP contribution is 2.24. The smallest absolute Gasteiger partial charge is 0.306 e. The maximum Gasteiger partial charge on any atom is 0.323 e. The van der Waals surface area contributed by atoms with Crippen molar-refractivity contribution in [3.8, 4) is 0 Å². The molecule has 2 fully saturated rings. The number of hydrogen-bond acceptors (Lipinski definition) is 5. The predicted octanol–water partition coefficient (Wildman–Crippen LogP) is 2.63. The average molecular weight is 477 g/mol. The molecule has 3 heterocycles. The van der Waals surface area contributed by atoms with Crippen LogP contribution in [0.2, 0.25) is 0 Å². The molecule has 2 aliphatic rings. The van der Waals surface area contributed by atoms with Crippen LogP contribution in [0, 0.1) is 12.7 Å². The van der Waals surface area contributed by atoms with E-state index < -0.39 is 22.1 Å². The summed E-state index contributed by atoms with van der Waals surface area (Å²) in [4.78, 5) is 18.5. The maximum atomic E-state index is 15.1. The highest BCUT2D eigenvalue weighted by molar-refractivity contribution is 7.86. The van der Waals surface area contributed by atoms with Gasteiger partial charge in [0.25, 0.3) is 10.2 Å². The fourth-order valence-corrected chi connectivity index (χ4v) is 5.69. The van der Waals surface area contributed by atoms with E-state index >= 15 is 4.39 Å². The Morgan fingerprint density at radius 3 is 2.55 bits per heavy atom. The normalized spacial score (nSPS) is 20.3. The number of anilines is 2. The molecule has 0 saturated carbocycles. The van der Waals surface area contributed by atoms with Crippen LogP contribution in [0.5, 0.6) is 0 Å². The molecule has 11 heteroatoms. The predicted molar refractivity (Wildman–Crippen MR) is 125 cm³/mol. The molecule has 0 aliphatic carbocycles. The lowest BCUT2D eigenvalue weighted by Crippen LogP contribution is -2.58. The minimum absolute atomic E-state index is 0.0665. The number of aryl methyl sites for hydroxylation is 1. The Morgan fingerprint density at radius 1 is 1.12 bits per heavy atom. The number of aromatic nitrogens is 1. The van der Waals surface area contributed by atoms with Crippen LogP contribution in [0.3, 0.4) is 0 Å². The van der Waals surface area contributed by atoms with Gasteiger partial charge in [-0.3, -0.25) is 9.88 Å². The number of hydrogen-bond donors (Lipinski definition) is 2. The Kier molecular flexibility index (Phi) is 6.94. The third-order valence-corrected chi connectivity index (χ3v) is 8.07. The first-order valence-electron chi connectivity index (χ1n) is 11.0. The van der Waals surface area contributed by atoms with E-state index in [1.54, 1.807) is 24.3 Å². The zero-order valence-electron chi connectivity index (χ0n) is 18.8. The second-order valence-electron chi connectivity index (χ2n) is 8.48. The van der Waals surface area contributed by atoms with Crippen LogP contribution >= 0.6 is 0 Å². The lowest BCUT2D eigenvalue weighted by atomic mass is 10.1. The van der Waals surface area contributed by atoms with Crippen molar-refractivity contribution in [3.05, 3.63) is 53.6 Å². The Bertz CT molecular complexity index is 1110. The number of amides is 2. The van der Waals surface area contributed by atoms with E-state index in [9.17, 15) is 13.2 Å². The van der Waals surface area contributed by atoms with E-state index in [0.717, 1.165) is 12.1 Å². The van der Waals surface area contributed by atoms with Crippen molar-refractivity contribution in [2.24, 2.45) is 0 Å². The number of nitrogens with one attached hydrogen (secondary N) is 2. The first-order chi connectivity index (χ1) is 15.7. The fraction of sp³-hybridized carbons (Fsp3) is 0.455. The zero-order chi connectivity index (χ0) is 23.6. The van der Waals surface area contributed by atoms with Crippen molar-refractivity contribution >= 4 is 27.6 Å². The van der Waals surface area contributed by atoms with Gasteiger partial charge in [-0.2, -0.15) is 17.0 Å². The molecule has 2 N–H and O–H groups in total. The molecule has 0 radical (unpaired) electrons. The van der Waals surface area contributed by atoms with E-state index in [2.05, 4.69) is 20.5 Å². The van der Waals surface area contributed by atoms with Crippen LogP contribution in [0.15, 0.2) is 36.5 Å². The number of carbonyl (C=O) groups excluding carboxylic acids is 1. The van der Waals surface area contributed by atoms with Crippen molar-refractivity contribution in [1.82, 2.24) is 18.5 Å². The van der Waals surface area contributed by atoms with Crippen LogP contribution in [0.25, 0.3) is 0 Å². The number of halogens is 1. The summed E-state index contributed by atoms with van der Waals surface area (Å²) in [6, 6.07) is 7.74. The molecule has 2 aromatic rings. The van der Waals surface area contributed by atoms with E-state index in [0.29, 0.717) is 50.5 Å².